The Morgan fingerprint density at radius 3 is 2.70 bits per heavy atom. The van der Waals surface area contributed by atoms with E-state index in [1.54, 1.807) is 6.07 Å². The third-order valence-corrected chi connectivity index (χ3v) is 7.29. The first-order valence-electron chi connectivity index (χ1n) is 10.3. The first-order chi connectivity index (χ1) is 12.7. The Bertz CT molecular complexity index is 779. The number of halogens is 1. The summed E-state index contributed by atoms with van der Waals surface area (Å²) in [5.41, 5.74) is 3.21. The number of phenolic OH excluding ortho intramolecular Hbond substituents is 1. The van der Waals surface area contributed by atoms with Crippen LogP contribution in [0.15, 0.2) is 54.6 Å². The molecule has 0 spiro atoms. The highest BCUT2D eigenvalue weighted by molar-refractivity contribution is 5.85. The van der Waals surface area contributed by atoms with Gasteiger partial charge < -0.3 is 10.0 Å². The summed E-state index contributed by atoms with van der Waals surface area (Å²) < 4.78 is 0. The molecule has 1 aliphatic heterocycles. The van der Waals surface area contributed by atoms with E-state index in [0.717, 1.165) is 17.9 Å². The molecule has 3 aliphatic rings. The zero-order chi connectivity index (χ0) is 17.6. The number of phenols is 1. The van der Waals surface area contributed by atoms with Gasteiger partial charge in [0.1, 0.15) is 5.75 Å². The molecule has 0 radical (unpaired) electrons. The molecule has 1 saturated heterocycles. The van der Waals surface area contributed by atoms with Crippen molar-refractivity contribution >= 4 is 12.4 Å². The summed E-state index contributed by atoms with van der Waals surface area (Å²) in [6.45, 7) is 2.50. The highest BCUT2D eigenvalue weighted by atomic mass is 35.5. The molecule has 0 unspecified atom stereocenters. The van der Waals surface area contributed by atoms with Crippen LogP contribution in [0.25, 0.3) is 0 Å². The second-order valence-corrected chi connectivity index (χ2v) is 8.84. The predicted octanol–water partition coefficient (Wildman–Crippen LogP) is 5.50. The summed E-state index contributed by atoms with van der Waals surface area (Å²) in [4.78, 5) is 2.80. The minimum Gasteiger partial charge on any atom is -0.508 e. The number of hydrogen-bond acceptors (Lipinski definition) is 2. The highest BCUT2D eigenvalue weighted by Gasteiger charge is 2.46. The first-order valence-corrected chi connectivity index (χ1v) is 10.3. The molecule has 2 bridgehead atoms. The van der Waals surface area contributed by atoms with Crippen molar-refractivity contribution in [1.29, 1.82) is 0 Å². The van der Waals surface area contributed by atoms with Crippen LogP contribution in [0.3, 0.4) is 0 Å². The van der Waals surface area contributed by atoms with Gasteiger partial charge in [0.05, 0.1) is 0 Å². The van der Waals surface area contributed by atoms with Gasteiger partial charge in [-0.1, -0.05) is 48.9 Å². The zero-order valence-corrected chi connectivity index (χ0v) is 16.7. The molecule has 2 aromatic rings. The fourth-order valence-corrected chi connectivity index (χ4v) is 5.75. The van der Waals surface area contributed by atoms with E-state index >= 15 is 0 Å². The standard InChI is InChI=1S/C24H29NO.ClH/c26-22-10-4-8-20(15-22)24-11-5-9-21(16-24)25(13-12-24)17-19-14-23(19)18-6-2-1-3-7-18;/h1-4,6-8,10,15,19,21,23,26H,5,9,11-14,16-17H2;1H/t19-,21+,23-,24-;/m1./s1. The Hall–Kier alpha value is -1.51. The third-order valence-electron chi connectivity index (χ3n) is 7.29. The minimum atomic E-state index is 0. The van der Waals surface area contributed by atoms with E-state index in [1.807, 2.05) is 12.1 Å². The van der Waals surface area contributed by atoms with Crippen LogP contribution in [-0.2, 0) is 5.41 Å². The Labute approximate surface area is 169 Å². The number of aromatic hydroxyl groups is 1. The lowest BCUT2D eigenvalue weighted by molar-refractivity contribution is 0.0478. The molecule has 144 valence electrons. The predicted molar refractivity (Wildman–Crippen MR) is 113 cm³/mol. The van der Waals surface area contributed by atoms with Crippen LogP contribution in [0.1, 0.15) is 55.6 Å². The maximum Gasteiger partial charge on any atom is 0.115 e. The van der Waals surface area contributed by atoms with E-state index in [4.69, 9.17) is 0 Å². The lowest BCUT2D eigenvalue weighted by Gasteiger charge is -2.51. The quantitative estimate of drug-likeness (QED) is 0.753. The zero-order valence-electron chi connectivity index (χ0n) is 15.9. The molecule has 3 heteroatoms. The van der Waals surface area contributed by atoms with Crippen molar-refractivity contribution in [1.82, 2.24) is 4.90 Å². The fourth-order valence-electron chi connectivity index (χ4n) is 5.75. The Balaban J connectivity index is 0.00000180. The second kappa shape index (κ2) is 7.48. The van der Waals surface area contributed by atoms with Crippen LogP contribution in [-0.4, -0.2) is 29.1 Å². The molecule has 2 aliphatic carbocycles. The molecule has 27 heavy (non-hydrogen) atoms. The Morgan fingerprint density at radius 2 is 1.89 bits per heavy atom. The lowest BCUT2D eigenvalue weighted by Crippen LogP contribution is -2.52. The molecule has 2 aromatic carbocycles. The van der Waals surface area contributed by atoms with Gasteiger partial charge in [-0.25, -0.2) is 0 Å². The number of fused-ring (bicyclic) bond motifs is 2. The minimum absolute atomic E-state index is 0. The van der Waals surface area contributed by atoms with Gasteiger partial charge in [-0.2, -0.15) is 0 Å². The van der Waals surface area contributed by atoms with Crippen molar-refractivity contribution in [3.63, 3.8) is 0 Å². The topological polar surface area (TPSA) is 23.5 Å². The van der Waals surface area contributed by atoms with Gasteiger partial charge >= 0.3 is 0 Å². The Morgan fingerprint density at radius 1 is 1.04 bits per heavy atom. The summed E-state index contributed by atoms with van der Waals surface area (Å²) in [7, 11) is 0. The van der Waals surface area contributed by atoms with Crippen LogP contribution >= 0.6 is 12.4 Å². The molecule has 3 fully saturated rings. The van der Waals surface area contributed by atoms with E-state index in [-0.39, 0.29) is 12.4 Å². The van der Waals surface area contributed by atoms with Crippen molar-refractivity contribution in [3.05, 3.63) is 65.7 Å². The van der Waals surface area contributed by atoms with E-state index in [2.05, 4.69) is 41.3 Å². The third kappa shape index (κ3) is 3.62. The van der Waals surface area contributed by atoms with Crippen molar-refractivity contribution in [2.24, 2.45) is 5.92 Å². The molecule has 0 aromatic heterocycles. The smallest absolute Gasteiger partial charge is 0.115 e. The van der Waals surface area contributed by atoms with Crippen molar-refractivity contribution < 1.29 is 5.11 Å². The van der Waals surface area contributed by atoms with Gasteiger partial charge in [0.15, 0.2) is 0 Å². The van der Waals surface area contributed by atoms with Gasteiger partial charge in [0.2, 0.25) is 0 Å². The van der Waals surface area contributed by atoms with E-state index in [1.165, 1.54) is 62.7 Å². The van der Waals surface area contributed by atoms with Crippen LogP contribution in [0.2, 0.25) is 0 Å². The van der Waals surface area contributed by atoms with Gasteiger partial charge in [0.25, 0.3) is 0 Å². The summed E-state index contributed by atoms with van der Waals surface area (Å²) in [6, 6.07) is 19.9. The van der Waals surface area contributed by atoms with Crippen molar-refractivity contribution in [3.8, 4) is 5.75 Å². The van der Waals surface area contributed by atoms with Crippen molar-refractivity contribution in [2.75, 3.05) is 13.1 Å². The van der Waals surface area contributed by atoms with Gasteiger partial charge in [-0.05, 0) is 79.2 Å². The molecule has 4 atom stereocenters. The van der Waals surface area contributed by atoms with Crippen LogP contribution < -0.4 is 0 Å². The van der Waals surface area contributed by atoms with Crippen LogP contribution in [0, 0.1) is 5.92 Å². The van der Waals surface area contributed by atoms with Crippen molar-refractivity contribution in [2.45, 2.75) is 55.9 Å². The average molecular weight is 384 g/mol. The van der Waals surface area contributed by atoms with Crippen LogP contribution in [0.4, 0.5) is 0 Å². The van der Waals surface area contributed by atoms with Gasteiger partial charge in [-0.15, -0.1) is 12.4 Å². The highest BCUT2D eigenvalue weighted by Crippen LogP contribution is 2.51. The largest absolute Gasteiger partial charge is 0.508 e. The maximum atomic E-state index is 9.94. The normalized spacial score (nSPS) is 32.5. The number of benzene rings is 2. The summed E-state index contributed by atoms with van der Waals surface area (Å²) in [5, 5.41) is 9.94. The molecule has 1 N–H and O–H groups in total. The van der Waals surface area contributed by atoms with E-state index < -0.39 is 0 Å². The Kier molecular flexibility index (Phi) is 5.22. The second-order valence-electron chi connectivity index (χ2n) is 8.84. The molecule has 0 amide bonds. The summed E-state index contributed by atoms with van der Waals surface area (Å²) >= 11 is 0. The number of rotatable bonds is 4. The SMILES string of the molecule is Cl.Oc1cccc([C@@]23CCC[C@@H](C2)N(C[C@H]2C[C@@H]2c2ccccc2)CC3)c1. The van der Waals surface area contributed by atoms with E-state index in [9.17, 15) is 5.11 Å². The number of nitrogens with zero attached hydrogens (tertiary/aromatic N) is 1. The fraction of sp³-hybridized carbons (Fsp3) is 0.500. The molecule has 2 nitrogen and oxygen atoms in total. The summed E-state index contributed by atoms with van der Waals surface area (Å²) in [5.74, 6) is 2.07. The molecule has 5 rings (SSSR count). The van der Waals surface area contributed by atoms with Crippen LogP contribution in [0.5, 0.6) is 5.75 Å². The summed E-state index contributed by atoms with van der Waals surface area (Å²) in [6.07, 6.45) is 7.85. The van der Waals surface area contributed by atoms with Gasteiger partial charge in [0, 0.05) is 12.6 Å². The lowest BCUT2D eigenvalue weighted by atomic mass is 9.63. The average Bonchev–Trinajstić information content (AvgIpc) is 3.45. The number of likely N-dealkylation sites (tertiary alicyclic amines) is 1. The number of piperidine rings is 1. The van der Waals surface area contributed by atoms with E-state index in [0.29, 0.717) is 11.2 Å². The first kappa shape index (κ1) is 18.8. The maximum absolute atomic E-state index is 9.94. The molecule has 1 heterocycles. The number of hydrogen-bond donors (Lipinski definition) is 1. The molecular formula is C24H30ClNO. The molecule has 2 saturated carbocycles. The monoisotopic (exact) mass is 383 g/mol. The molecular weight excluding hydrogens is 354 g/mol. The van der Waals surface area contributed by atoms with Gasteiger partial charge in [-0.3, -0.25) is 0 Å².